The van der Waals surface area contributed by atoms with Crippen molar-refractivity contribution in [1.82, 2.24) is 20.1 Å². The van der Waals surface area contributed by atoms with Gasteiger partial charge in [-0.05, 0) is 60.4 Å². The van der Waals surface area contributed by atoms with Crippen molar-refractivity contribution in [3.63, 3.8) is 0 Å². The van der Waals surface area contributed by atoms with Gasteiger partial charge in [0.15, 0.2) is 0 Å². The molecular formula is C15H21BrN4. The highest BCUT2D eigenvalue weighted by molar-refractivity contribution is 9.10. The fourth-order valence-electron chi connectivity index (χ4n) is 2.35. The van der Waals surface area contributed by atoms with Gasteiger partial charge < -0.3 is 5.32 Å². The predicted octanol–water partition coefficient (Wildman–Crippen LogP) is 3.51. The van der Waals surface area contributed by atoms with E-state index in [0.29, 0.717) is 6.04 Å². The number of nitrogens with zero attached hydrogens (tertiary/aromatic N) is 3. The fraction of sp³-hybridized carbons (Fsp3) is 0.467. The van der Waals surface area contributed by atoms with Crippen LogP contribution in [0, 0.1) is 0 Å². The highest BCUT2D eigenvalue weighted by Gasteiger charge is 2.21. The van der Waals surface area contributed by atoms with Crippen LogP contribution in [0.5, 0.6) is 0 Å². The van der Waals surface area contributed by atoms with Crippen LogP contribution in [0.25, 0.3) is 0 Å². The van der Waals surface area contributed by atoms with Gasteiger partial charge in [0.05, 0.1) is 22.4 Å². The minimum absolute atomic E-state index is 0.238. The van der Waals surface area contributed by atoms with Crippen LogP contribution in [0.4, 0.5) is 0 Å². The van der Waals surface area contributed by atoms with E-state index in [1.165, 1.54) is 11.3 Å². The van der Waals surface area contributed by atoms with Crippen LogP contribution in [-0.4, -0.2) is 21.3 Å². The highest BCUT2D eigenvalue weighted by atomic mass is 79.9. The van der Waals surface area contributed by atoms with Crippen molar-refractivity contribution in [1.29, 1.82) is 0 Å². The molecule has 0 aliphatic rings. The monoisotopic (exact) mass is 336 g/mol. The predicted molar refractivity (Wildman–Crippen MR) is 84.7 cm³/mol. The minimum atomic E-state index is 0.238. The Kier molecular flexibility index (Phi) is 5.31. The van der Waals surface area contributed by atoms with Crippen LogP contribution in [-0.2, 0) is 6.42 Å². The molecule has 20 heavy (non-hydrogen) atoms. The van der Waals surface area contributed by atoms with E-state index in [9.17, 15) is 0 Å². The molecule has 0 saturated heterocycles. The Labute approximate surface area is 128 Å². The average Bonchev–Trinajstić information content (AvgIpc) is 2.81. The van der Waals surface area contributed by atoms with Crippen molar-refractivity contribution in [2.75, 3.05) is 6.54 Å². The molecule has 0 radical (unpaired) electrons. The molecule has 4 nitrogen and oxygen atoms in total. The van der Waals surface area contributed by atoms with Crippen LogP contribution >= 0.6 is 15.9 Å². The van der Waals surface area contributed by atoms with E-state index in [-0.39, 0.29) is 6.04 Å². The number of aromatic nitrogens is 3. The third-order valence-corrected chi connectivity index (χ3v) is 3.86. The molecule has 0 spiro atoms. The lowest BCUT2D eigenvalue weighted by atomic mass is 10.0. The van der Waals surface area contributed by atoms with Crippen LogP contribution in [0.2, 0.25) is 0 Å². The Morgan fingerprint density at radius 1 is 1.30 bits per heavy atom. The van der Waals surface area contributed by atoms with Crippen molar-refractivity contribution in [3.05, 3.63) is 46.5 Å². The second-order valence-corrected chi connectivity index (χ2v) is 5.94. The molecule has 0 amide bonds. The standard InChI is InChI=1S/C15H21BrN4/c1-4-18-14(9-12-5-7-17-8-6-12)15-13(16)10-19-20(15)11(2)3/h5-8,10-11,14,18H,4,9H2,1-3H3. The van der Waals surface area contributed by atoms with Crippen LogP contribution in [0.15, 0.2) is 35.2 Å². The second-order valence-electron chi connectivity index (χ2n) is 5.09. The first-order valence-electron chi connectivity index (χ1n) is 6.98. The third-order valence-electron chi connectivity index (χ3n) is 3.25. The maximum Gasteiger partial charge on any atom is 0.0702 e. The van der Waals surface area contributed by atoms with Gasteiger partial charge in [0.25, 0.3) is 0 Å². The summed E-state index contributed by atoms with van der Waals surface area (Å²) in [6.45, 7) is 7.35. The Morgan fingerprint density at radius 2 is 2.00 bits per heavy atom. The van der Waals surface area contributed by atoms with Gasteiger partial charge >= 0.3 is 0 Å². The summed E-state index contributed by atoms with van der Waals surface area (Å²) in [5.74, 6) is 0. The van der Waals surface area contributed by atoms with Crippen molar-refractivity contribution in [2.24, 2.45) is 0 Å². The first kappa shape index (κ1) is 15.2. The molecule has 0 fully saturated rings. The van der Waals surface area contributed by atoms with Gasteiger partial charge in [-0.2, -0.15) is 5.10 Å². The summed E-state index contributed by atoms with van der Waals surface area (Å²) < 4.78 is 3.14. The molecule has 2 aromatic rings. The van der Waals surface area contributed by atoms with E-state index in [0.717, 1.165) is 17.4 Å². The molecule has 2 heterocycles. The lowest BCUT2D eigenvalue weighted by Crippen LogP contribution is -2.26. The summed E-state index contributed by atoms with van der Waals surface area (Å²) in [6.07, 6.45) is 6.49. The number of halogens is 1. The van der Waals surface area contributed by atoms with E-state index in [2.05, 4.69) is 68.9 Å². The minimum Gasteiger partial charge on any atom is -0.309 e. The molecule has 0 aliphatic heterocycles. The van der Waals surface area contributed by atoms with E-state index < -0.39 is 0 Å². The molecule has 0 aromatic carbocycles. The Bertz CT molecular complexity index is 536. The zero-order valence-electron chi connectivity index (χ0n) is 12.2. The second kappa shape index (κ2) is 6.99. The number of nitrogens with one attached hydrogen (secondary N) is 1. The van der Waals surface area contributed by atoms with Crippen LogP contribution in [0.3, 0.4) is 0 Å². The third kappa shape index (κ3) is 3.46. The number of rotatable bonds is 6. The Hall–Kier alpha value is -1.20. The normalized spacial score (nSPS) is 12.8. The molecule has 0 aliphatic carbocycles. The molecular weight excluding hydrogens is 316 g/mol. The van der Waals surface area contributed by atoms with E-state index in [4.69, 9.17) is 0 Å². The van der Waals surface area contributed by atoms with Crippen LogP contribution in [0.1, 0.15) is 44.1 Å². The smallest absolute Gasteiger partial charge is 0.0702 e. The molecule has 2 rings (SSSR count). The van der Waals surface area contributed by atoms with Gasteiger partial charge in [0, 0.05) is 18.4 Å². The summed E-state index contributed by atoms with van der Waals surface area (Å²) in [7, 11) is 0. The van der Waals surface area contributed by atoms with Crippen LogP contribution < -0.4 is 5.32 Å². The molecule has 1 unspecified atom stereocenters. The Morgan fingerprint density at radius 3 is 2.60 bits per heavy atom. The number of hydrogen-bond acceptors (Lipinski definition) is 3. The highest BCUT2D eigenvalue weighted by Crippen LogP contribution is 2.28. The first-order chi connectivity index (χ1) is 9.63. The van der Waals surface area contributed by atoms with Gasteiger partial charge in [-0.25, -0.2) is 0 Å². The maximum atomic E-state index is 4.48. The number of hydrogen-bond donors (Lipinski definition) is 1. The molecule has 1 atom stereocenters. The summed E-state index contributed by atoms with van der Waals surface area (Å²) >= 11 is 3.63. The lowest BCUT2D eigenvalue weighted by molar-refractivity contribution is 0.446. The van der Waals surface area contributed by atoms with Crippen molar-refractivity contribution in [2.45, 2.75) is 39.3 Å². The summed E-state index contributed by atoms with van der Waals surface area (Å²) in [5.41, 5.74) is 2.48. The summed E-state index contributed by atoms with van der Waals surface area (Å²) in [4.78, 5) is 4.08. The molecule has 0 bridgehead atoms. The quantitative estimate of drug-likeness (QED) is 0.877. The molecule has 1 N–H and O–H groups in total. The number of pyridine rings is 1. The van der Waals surface area contributed by atoms with Gasteiger partial charge in [-0.1, -0.05) is 6.92 Å². The molecule has 5 heteroatoms. The molecule has 2 aromatic heterocycles. The average molecular weight is 337 g/mol. The van der Waals surface area contributed by atoms with Crippen molar-refractivity contribution < 1.29 is 0 Å². The first-order valence-corrected chi connectivity index (χ1v) is 7.78. The van der Waals surface area contributed by atoms with Crippen molar-refractivity contribution >= 4 is 15.9 Å². The largest absolute Gasteiger partial charge is 0.309 e. The zero-order valence-corrected chi connectivity index (χ0v) is 13.8. The maximum absolute atomic E-state index is 4.48. The Balaban J connectivity index is 2.31. The van der Waals surface area contributed by atoms with Gasteiger partial charge in [-0.3, -0.25) is 9.67 Å². The van der Waals surface area contributed by atoms with Gasteiger partial charge in [0.2, 0.25) is 0 Å². The fourth-order valence-corrected chi connectivity index (χ4v) is 2.90. The van der Waals surface area contributed by atoms with E-state index in [1.54, 1.807) is 0 Å². The molecule has 108 valence electrons. The van der Waals surface area contributed by atoms with Gasteiger partial charge in [-0.15, -0.1) is 0 Å². The van der Waals surface area contributed by atoms with Gasteiger partial charge in [0.1, 0.15) is 0 Å². The molecule has 0 saturated carbocycles. The topological polar surface area (TPSA) is 42.7 Å². The summed E-state index contributed by atoms with van der Waals surface area (Å²) in [6, 6.07) is 4.71. The summed E-state index contributed by atoms with van der Waals surface area (Å²) in [5, 5.41) is 8.04. The zero-order chi connectivity index (χ0) is 14.5. The van der Waals surface area contributed by atoms with E-state index >= 15 is 0 Å². The van der Waals surface area contributed by atoms with Crippen molar-refractivity contribution in [3.8, 4) is 0 Å². The number of likely N-dealkylation sites (N-methyl/N-ethyl adjacent to an activating group) is 1. The lowest BCUT2D eigenvalue weighted by Gasteiger charge is -2.22. The SMILES string of the molecule is CCNC(Cc1ccncc1)c1c(Br)cnn1C(C)C. The van der Waals surface area contributed by atoms with E-state index in [1.807, 2.05) is 18.6 Å².